The van der Waals surface area contributed by atoms with E-state index in [1.54, 1.807) is 12.4 Å². The number of aryl methyl sites for hydroxylation is 1. The second-order valence-corrected chi connectivity index (χ2v) is 8.47. The average Bonchev–Trinajstić information content (AvgIpc) is 3.28. The molecular weight excluding hydrogens is 416 g/mol. The molecule has 2 unspecified atom stereocenters. The van der Waals surface area contributed by atoms with Crippen LogP contribution in [0.3, 0.4) is 0 Å². The monoisotopic (exact) mass is 448 g/mol. The first-order chi connectivity index (χ1) is 16.6. The number of rotatable bonds is 9. The van der Waals surface area contributed by atoms with Crippen molar-refractivity contribution in [2.45, 2.75) is 39.3 Å². The minimum atomic E-state index is 0.0168. The number of hydrogen-bond donors (Lipinski definition) is 1. The Balaban J connectivity index is 1.88. The average molecular weight is 449 g/mol. The third kappa shape index (κ3) is 4.58. The second-order valence-electron chi connectivity index (χ2n) is 8.47. The Kier molecular flexibility index (Phi) is 7.07. The maximum absolute atomic E-state index is 4.72. The molecule has 0 bridgehead atoms. The van der Waals surface area contributed by atoms with Crippen LogP contribution < -0.4 is 5.32 Å². The number of nitrogens with zero attached hydrogens (tertiary/aromatic N) is 3. The molecule has 2 atom stereocenters. The number of fused-ring (bicyclic) bond motifs is 1. The van der Waals surface area contributed by atoms with Crippen LogP contribution in [0.2, 0.25) is 0 Å². The molecule has 4 rings (SSSR count). The molecule has 4 aromatic rings. The lowest BCUT2D eigenvalue weighted by molar-refractivity contribution is 0.663. The van der Waals surface area contributed by atoms with Crippen LogP contribution in [0.1, 0.15) is 44.0 Å². The smallest absolute Gasteiger partial charge is 0.146 e. The first-order valence-corrected chi connectivity index (χ1v) is 11.8. The van der Waals surface area contributed by atoms with Gasteiger partial charge in [0.05, 0.1) is 17.1 Å². The molecule has 0 fully saturated rings. The lowest BCUT2D eigenvalue weighted by atomic mass is 10.0. The van der Waals surface area contributed by atoms with Gasteiger partial charge in [-0.05, 0) is 48.6 Å². The molecule has 0 aliphatic rings. The van der Waals surface area contributed by atoms with E-state index in [2.05, 4.69) is 103 Å². The molecule has 1 N–H and O–H groups in total. The molecule has 0 saturated carbocycles. The van der Waals surface area contributed by atoms with E-state index in [0.29, 0.717) is 0 Å². The maximum atomic E-state index is 4.72. The molecule has 0 saturated heterocycles. The van der Waals surface area contributed by atoms with Gasteiger partial charge in [-0.25, -0.2) is 9.97 Å². The molecule has 4 heteroatoms. The van der Waals surface area contributed by atoms with Crippen molar-refractivity contribution < 1.29 is 0 Å². The number of allylic oxidation sites excluding steroid dienone is 4. The van der Waals surface area contributed by atoms with Gasteiger partial charge in [0.1, 0.15) is 17.8 Å². The summed E-state index contributed by atoms with van der Waals surface area (Å²) in [5.41, 5.74) is 6.72. The standard InChI is InChI=1S/C30H32N4/c1-6-12-24(8-3)22(5)34-28(26-17-15-23(7-2)16-18-26)19-27-29(31-20-32-30(27)34)33-21(4)25-13-10-9-11-14-25/h6,8-22H,1,3,7H2,2,4-5H3,(H,31,32,33)/b24-12+. The zero-order chi connectivity index (χ0) is 24.1. The third-order valence-electron chi connectivity index (χ3n) is 6.36. The van der Waals surface area contributed by atoms with Crippen LogP contribution >= 0.6 is 0 Å². The van der Waals surface area contributed by atoms with Gasteiger partial charge >= 0.3 is 0 Å². The number of anilines is 1. The van der Waals surface area contributed by atoms with E-state index in [9.17, 15) is 0 Å². The zero-order valence-electron chi connectivity index (χ0n) is 20.2. The molecular formula is C30H32N4. The van der Waals surface area contributed by atoms with Crippen LogP contribution in [0.25, 0.3) is 22.3 Å². The second kappa shape index (κ2) is 10.3. The van der Waals surface area contributed by atoms with Gasteiger partial charge in [-0.15, -0.1) is 0 Å². The maximum Gasteiger partial charge on any atom is 0.146 e. The van der Waals surface area contributed by atoms with Crippen molar-refractivity contribution in [3.8, 4) is 11.3 Å². The summed E-state index contributed by atoms with van der Waals surface area (Å²) in [5.74, 6) is 0.826. The van der Waals surface area contributed by atoms with E-state index in [1.807, 2.05) is 18.2 Å². The van der Waals surface area contributed by atoms with Crippen molar-refractivity contribution in [1.82, 2.24) is 14.5 Å². The fourth-order valence-electron chi connectivity index (χ4n) is 4.37. The van der Waals surface area contributed by atoms with Gasteiger partial charge in [-0.3, -0.25) is 0 Å². The third-order valence-corrected chi connectivity index (χ3v) is 6.36. The van der Waals surface area contributed by atoms with Crippen molar-refractivity contribution in [1.29, 1.82) is 0 Å². The van der Waals surface area contributed by atoms with Crippen molar-refractivity contribution in [2.75, 3.05) is 5.32 Å². The lowest BCUT2D eigenvalue weighted by Crippen LogP contribution is -2.11. The quantitative estimate of drug-likeness (QED) is 0.267. The van der Waals surface area contributed by atoms with E-state index in [0.717, 1.165) is 40.1 Å². The van der Waals surface area contributed by atoms with Crippen LogP contribution in [0.4, 0.5) is 5.82 Å². The summed E-state index contributed by atoms with van der Waals surface area (Å²) in [6.07, 6.45) is 8.35. The Hall–Kier alpha value is -3.92. The fraction of sp³-hybridized carbons (Fsp3) is 0.200. The van der Waals surface area contributed by atoms with Gasteiger partial charge in [0.15, 0.2) is 0 Å². The molecule has 0 radical (unpaired) electrons. The molecule has 172 valence electrons. The molecule has 0 aliphatic heterocycles. The minimum Gasteiger partial charge on any atom is -0.363 e. The normalized spacial score (nSPS) is 13.4. The van der Waals surface area contributed by atoms with Crippen molar-refractivity contribution in [2.24, 2.45) is 0 Å². The van der Waals surface area contributed by atoms with Crippen LogP contribution in [0, 0.1) is 0 Å². The van der Waals surface area contributed by atoms with E-state index >= 15 is 0 Å². The Bertz CT molecular complexity index is 1310. The molecule has 34 heavy (non-hydrogen) atoms. The Labute approximate surface area is 202 Å². The van der Waals surface area contributed by atoms with Crippen LogP contribution in [-0.4, -0.2) is 14.5 Å². The molecule has 0 aliphatic carbocycles. The summed E-state index contributed by atoms with van der Waals surface area (Å²) in [6.45, 7) is 14.4. The van der Waals surface area contributed by atoms with Crippen LogP contribution in [-0.2, 0) is 6.42 Å². The summed E-state index contributed by atoms with van der Waals surface area (Å²) >= 11 is 0. The Morgan fingerprint density at radius 3 is 2.41 bits per heavy atom. The number of hydrogen-bond acceptors (Lipinski definition) is 3. The Morgan fingerprint density at radius 2 is 1.76 bits per heavy atom. The highest BCUT2D eigenvalue weighted by Crippen LogP contribution is 2.36. The molecule has 0 spiro atoms. The number of aromatic nitrogens is 3. The topological polar surface area (TPSA) is 42.7 Å². The highest BCUT2D eigenvalue weighted by Gasteiger charge is 2.21. The summed E-state index contributed by atoms with van der Waals surface area (Å²) in [5, 5.41) is 4.60. The van der Waals surface area contributed by atoms with Crippen molar-refractivity contribution in [3.63, 3.8) is 0 Å². The van der Waals surface area contributed by atoms with E-state index < -0.39 is 0 Å². The lowest BCUT2D eigenvalue weighted by Gasteiger charge is -2.20. The van der Waals surface area contributed by atoms with Gasteiger partial charge in [0.25, 0.3) is 0 Å². The van der Waals surface area contributed by atoms with Gasteiger partial charge in [0, 0.05) is 6.04 Å². The first-order valence-electron chi connectivity index (χ1n) is 11.8. The van der Waals surface area contributed by atoms with Gasteiger partial charge < -0.3 is 9.88 Å². The van der Waals surface area contributed by atoms with Crippen molar-refractivity contribution in [3.05, 3.63) is 115 Å². The van der Waals surface area contributed by atoms with Gasteiger partial charge in [-0.2, -0.15) is 0 Å². The molecule has 4 nitrogen and oxygen atoms in total. The Morgan fingerprint density at radius 1 is 1.03 bits per heavy atom. The van der Waals surface area contributed by atoms with Crippen molar-refractivity contribution >= 4 is 16.9 Å². The first kappa shape index (κ1) is 23.2. The summed E-state index contributed by atoms with van der Waals surface area (Å²) in [7, 11) is 0. The predicted octanol–water partition coefficient (Wildman–Crippen LogP) is 7.69. The molecule has 2 heterocycles. The van der Waals surface area contributed by atoms with Crippen LogP contribution in [0.5, 0.6) is 0 Å². The molecule has 2 aromatic carbocycles. The fourth-order valence-corrected chi connectivity index (χ4v) is 4.37. The highest BCUT2D eigenvalue weighted by atomic mass is 15.1. The SMILES string of the molecule is C=C/C=C(\C=C)C(C)n1c(-c2ccc(CC)cc2)cc2c(NC(C)c3ccccc3)ncnc21. The minimum absolute atomic E-state index is 0.0168. The summed E-state index contributed by atoms with van der Waals surface area (Å²) in [6, 6.07) is 21.5. The zero-order valence-corrected chi connectivity index (χ0v) is 20.2. The molecule has 2 aromatic heterocycles. The predicted molar refractivity (Wildman–Crippen MR) is 144 cm³/mol. The number of nitrogens with one attached hydrogen (secondary N) is 1. The van der Waals surface area contributed by atoms with Gasteiger partial charge in [0.2, 0.25) is 0 Å². The largest absolute Gasteiger partial charge is 0.363 e. The summed E-state index contributed by atoms with van der Waals surface area (Å²) in [4.78, 5) is 9.35. The van der Waals surface area contributed by atoms with E-state index in [-0.39, 0.29) is 12.1 Å². The summed E-state index contributed by atoms with van der Waals surface area (Å²) < 4.78 is 2.27. The van der Waals surface area contributed by atoms with E-state index in [1.165, 1.54) is 11.1 Å². The highest BCUT2D eigenvalue weighted by molar-refractivity contribution is 5.92. The van der Waals surface area contributed by atoms with Gasteiger partial charge in [-0.1, -0.05) is 92.9 Å². The van der Waals surface area contributed by atoms with Crippen LogP contribution in [0.15, 0.2) is 104 Å². The van der Waals surface area contributed by atoms with E-state index in [4.69, 9.17) is 4.98 Å². The number of benzene rings is 2. The molecule has 0 amide bonds.